The van der Waals surface area contributed by atoms with Crippen molar-refractivity contribution in [2.75, 3.05) is 12.4 Å². The molecule has 0 aromatic carbocycles. The summed E-state index contributed by atoms with van der Waals surface area (Å²) >= 11 is 5.83. The smallest absolute Gasteiger partial charge is 0.273 e. The quantitative estimate of drug-likeness (QED) is 0.785. The third-order valence-corrected chi connectivity index (χ3v) is 3.73. The summed E-state index contributed by atoms with van der Waals surface area (Å²) < 4.78 is 0. The topological polar surface area (TPSA) is 33.2 Å². The van der Waals surface area contributed by atoms with Gasteiger partial charge in [-0.05, 0) is 31.4 Å². The fourth-order valence-corrected chi connectivity index (χ4v) is 2.78. The van der Waals surface area contributed by atoms with Gasteiger partial charge in [0.2, 0.25) is 0 Å². The van der Waals surface area contributed by atoms with Crippen LogP contribution in [0.25, 0.3) is 0 Å². The van der Waals surface area contributed by atoms with Gasteiger partial charge in [0.1, 0.15) is 5.69 Å². The van der Waals surface area contributed by atoms with Crippen molar-refractivity contribution in [2.45, 2.75) is 38.6 Å². The monoisotopic (exact) mass is 266 g/mol. The average Bonchev–Trinajstić information content (AvgIpc) is 2.89. The summed E-state index contributed by atoms with van der Waals surface area (Å²) in [7, 11) is 0. The van der Waals surface area contributed by atoms with E-state index >= 15 is 0 Å². The lowest BCUT2D eigenvalue weighted by atomic mass is 10.1. The fraction of sp³-hybridized carbons (Fsp3) is 0.571. The molecule has 1 aromatic rings. The molecule has 1 aliphatic rings. The normalized spacial score (nSPS) is 15.9. The van der Waals surface area contributed by atoms with Crippen LogP contribution in [0.15, 0.2) is 18.3 Å². The maximum Gasteiger partial charge on any atom is 0.273 e. The maximum absolute atomic E-state index is 12.5. The van der Waals surface area contributed by atoms with Crippen molar-refractivity contribution in [1.29, 1.82) is 0 Å². The first-order chi connectivity index (χ1) is 8.74. The van der Waals surface area contributed by atoms with Crippen LogP contribution in [0.3, 0.4) is 0 Å². The van der Waals surface area contributed by atoms with Crippen molar-refractivity contribution in [3.63, 3.8) is 0 Å². The number of aromatic nitrogens is 1. The minimum absolute atomic E-state index is 0.0284. The molecule has 1 fully saturated rings. The lowest BCUT2D eigenvalue weighted by molar-refractivity contribution is 0.0688. The number of nitrogens with zero attached hydrogens (tertiary/aromatic N) is 2. The number of halogens is 1. The van der Waals surface area contributed by atoms with Crippen LogP contribution in [0.5, 0.6) is 0 Å². The number of hydrogen-bond donors (Lipinski definition) is 0. The summed E-state index contributed by atoms with van der Waals surface area (Å²) in [6, 6.07) is 4.12. The molecule has 3 nitrogen and oxygen atoms in total. The minimum Gasteiger partial charge on any atom is -0.333 e. The molecule has 1 aromatic heterocycles. The van der Waals surface area contributed by atoms with Crippen molar-refractivity contribution in [3.05, 3.63) is 29.6 Å². The van der Waals surface area contributed by atoms with Crippen LogP contribution >= 0.6 is 11.6 Å². The molecule has 0 unspecified atom stereocenters. The molecular weight excluding hydrogens is 248 g/mol. The number of alkyl halides is 1. The summed E-state index contributed by atoms with van der Waals surface area (Å²) in [5.74, 6) is 0.509. The number of carbonyl (C=O) groups excluding carboxylic acids is 1. The van der Waals surface area contributed by atoms with E-state index < -0.39 is 0 Å². The molecule has 0 aliphatic heterocycles. The van der Waals surface area contributed by atoms with E-state index in [0.717, 1.165) is 18.4 Å². The second kappa shape index (κ2) is 6.19. The van der Waals surface area contributed by atoms with Crippen LogP contribution in [-0.2, 0) is 0 Å². The van der Waals surface area contributed by atoms with Crippen molar-refractivity contribution >= 4 is 17.5 Å². The van der Waals surface area contributed by atoms with Gasteiger partial charge in [-0.1, -0.05) is 18.9 Å². The fourth-order valence-electron chi connectivity index (χ4n) is 2.60. The molecule has 1 amide bonds. The van der Waals surface area contributed by atoms with Crippen LogP contribution in [0, 0.1) is 6.92 Å². The van der Waals surface area contributed by atoms with Crippen molar-refractivity contribution in [3.8, 4) is 0 Å². The zero-order valence-corrected chi connectivity index (χ0v) is 11.5. The number of carbonyl (C=O) groups is 1. The Morgan fingerprint density at radius 2 is 2.22 bits per heavy atom. The minimum atomic E-state index is 0.0284. The third kappa shape index (κ3) is 2.83. The van der Waals surface area contributed by atoms with E-state index in [2.05, 4.69) is 4.98 Å². The molecule has 98 valence electrons. The zero-order valence-electron chi connectivity index (χ0n) is 10.7. The summed E-state index contributed by atoms with van der Waals surface area (Å²) in [6.45, 7) is 2.54. The first kappa shape index (κ1) is 13.3. The predicted molar refractivity (Wildman–Crippen MR) is 73.0 cm³/mol. The van der Waals surface area contributed by atoms with Crippen LogP contribution < -0.4 is 0 Å². The van der Waals surface area contributed by atoms with Gasteiger partial charge in [0.05, 0.1) is 0 Å². The third-order valence-electron chi connectivity index (χ3n) is 3.56. The van der Waals surface area contributed by atoms with E-state index in [0.29, 0.717) is 24.2 Å². The molecule has 0 radical (unpaired) electrons. The van der Waals surface area contributed by atoms with Gasteiger partial charge in [-0.2, -0.15) is 0 Å². The Balaban J connectivity index is 2.20. The van der Waals surface area contributed by atoms with E-state index in [1.807, 2.05) is 24.0 Å². The van der Waals surface area contributed by atoms with E-state index in [9.17, 15) is 4.79 Å². The first-order valence-electron chi connectivity index (χ1n) is 6.52. The maximum atomic E-state index is 12.5. The van der Waals surface area contributed by atoms with E-state index in [4.69, 9.17) is 11.6 Å². The molecule has 4 heteroatoms. The molecule has 2 rings (SSSR count). The molecule has 0 bridgehead atoms. The standard InChI is InChI=1S/C14H19ClN2O/c1-11-5-4-9-16-13(11)14(18)17(10-8-15)12-6-2-3-7-12/h4-5,9,12H,2-3,6-8,10H2,1H3. The van der Waals surface area contributed by atoms with E-state index in [1.54, 1.807) is 6.20 Å². The largest absolute Gasteiger partial charge is 0.333 e. The Kier molecular flexibility index (Phi) is 4.59. The highest BCUT2D eigenvalue weighted by Gasteiger charge is 2.28. The highest BCUT2D eigenvalue weighted by Crippen LogP contribution is 2.25. The van der Waals surface area contributed by atoms with Gasteiger partial charge >= 0.3 is 0 Å². The zero-order chi connectivity index (χ0) is 13.0. The summed E-state index contributed by atoms with van der Waals surface area (Å²) in [6.07, 6.45) is 6.27. The SMILES string of the molecule is Cc1cccnc1C(=O)N(CCCl)C1CCCC1. The van der Waals surface area contributed by atoms with Gasteiger partial charge in [0.25, 0.3) is 5.91 Å². The highest BCUT2D eigenvalue weighted by atomic mass is 35.5. The molecule has 0 atom stereocenters. The van der Waals surface area contributed by atoms with Gasteiger partial charge in [-0.15, -0.1) is 11.6 Å². The molecule has 1 saturated carbocycles. The first-order valence-corrected chi connectivity index (χ1v) is 7.06. The van der Waals surface area contributed by atoms with Crippen molar-refractivity contribution in [2.24, 2.45) is 0 Å². The van der Waals surface area contributed by atoms with Crippen LogP contribution in [0.4, 0.5) is 0 Å². The van der Waals surface area contributed by atoms with Gasteiger partial charge in [0, 0.05) is 24.7 Å². The number of rotatable bonds is 4. The Bertz CT molecular complexity index is 416. The predicted octanol–water partition coefficient (Wildman–Crippen LogP) is 3.01. The van der Waals surface area contributed by atoms with Gasteiger partial charge < -0.3 is 4.90 Å². The van der Waals surface area contributed by atoms with E-state index in [1.165, 1.54) is 12.8 Å². The van der Waals surface area contributed by atoms with Crippen molar-refractivity contribution in [1.82, 2.24) is 9.88 Å². The molecule has 1 heterocycles. The Labute approximate surface area is 113 Å². The summed E-state index contributed by atoms with van der Waals surface area (Å²) in [4.78, 5) is 18.7. The number of aryl methyl sites for hydroxylation is 1. The van der Waals surface area contributed by atoms with Gasteiger partial charge in [-0.25, -0.2) is 0 Å². The molecular formula is C14H19ClN2O. The molecule has 18 heavy (non-hydrogen) atoms. The van der Waals surface area contributed by atoms with Gasteiger partial charge in [-0.3, -0.25) is 9.78 Å². The molecule has 1 aliphatic carbocycles. The van der Waals surface area contributed by atoms with E-state index in [-0.39, 0.29) is 5.91 Å². The van der Waals surface area contributed by atoms with Crippen LogP contribution in [0.1, 0.15) is 41.7 Å². The van der Waals surface area contributed by atoms with Gasteiger partial charge in [0.15, 0.2) is 0 Å². The number of amides is 1. The summed E-state index contributed by atoms with van der Waals surface area (Å²) in [5.41, 5.74) is 1.49. The Morgan fingerprint density at radius 1 is 1.50 bits per heavy atom. The molecule has 0 saturated heterocycles. The number of hydrogen-bond acceptors (Lipinski definition) is 2. The Hall–Kier alpha value is -1.09. The van der Waals surface area contributed by atoms with Crippen LogP contribution in [0.2, 0.25) is 0 Å². The van der Waals surface area contributed by atoms with Crippen molar-refractivity contribution < 1.29 is 4.79 Å². The second-order valence-electron chi connectivity index (χ2n) is 4.79. The second-order valence-corrected chi connectivity index (χ2v) is 5.17. The summed E-state index contributed by atoms with van der Waals surface area (Å²) in [5, 5.41) is 0. The average molecular weight is 267 g/mol. The molecule has 0 spiro atoms. The lowest BCUT2D eigenvalue weighted by Gasteiger charge is -2.28. The number of pyridine rings is 1. The highest BCUT2D eigenvalue weighted by molar-refractivity contribution is 6.18. The van der Waals surface area contributed by atoms with Crippen LogP contribution in [-0.4, -0.2) is 34.3 Å². The Morgan fingerprint density at radius 3 is 2.83 bits per heavy atom. The molecule has 0 N–H and O–H groups in total. The lowest BCUT2D eigenvalue weighted by Crippen LogP contribution is -2.40.